The first-order chi connectivity index (χ1) is 11.9. The molecule has 25 heavy (non-hydrogen) atoms. The fourth-order valence-electron chi connectivity index (χ4n) is 2.99. The van der Waals surface area contributed by atoms with Crippen molar-refractivity contribution in [3.05, 3.63) is 63.4 Å². The van der Waals surface area contributed by atoms with Crippen LogP contribution in [0.2, 0.25) is 0 Å². The zero-order valence-corrected chi connectivity index (χ0v) is 15.7. The van der Waals surface area contributed by atoms with Crippen LogP contribution < -0.4 is 5.32 Å². The standard InChI is InChI=1S/C19H18BrF2N3/c1-10-14(5-4-6-15(10)18(21)22)11(2)23-19-16-9-13(20)7-8-17(16)24-12(3)25-19/h4-9,11,18H,1-3H3,(H,23,24,25)/t11-/m0/s1. The minimum absolute atomic E-state index is 0.0672. The van der Waals surface area contributed by atoms with Gasteiger partial charge in [-0.2, -0.15) is 0 Å². The van der Waals surface area contributed by atoms with Gasteiger partial charge in [0.15, 0.2) is 0 Å². The summed E-state index contributed by atoms with van der Waals surface area (Å²) in [5.74, 6) is 1.35. The Morgan fingerprint density at radius 1 is 1.04 bits per heavy atom. The van der Waals surface area contributed by atoms with Gasteiger partial charge in [0.2, 0.25) is 0 Å². The molecule has 0 bridgehead atoms. The Morgan fingerprint density at radius 2 is 1.76 bits per heavy atom. The zero-order valence-electron chi connectivity index (χ0n) is 14.1. The maximum atomic E-state index is 13.2. The first-order valence-corrected chi connectivity index (χ1v) is 8.74. The molecular weight excluding hydrogens is 388 g/mol. The van der Waals surface area contributed by atoms with Gasteiger partial charge < -0.3 is 5.32 Å². The Kier molecular flexibility index (Phi) is 4.99. The van der Waals surface area contributed by atoms with Crippen LogP contribution in [0.5, 0.6) is 0 Å². The summed E-state index contributed by atoms with van der Waals surface area (Å²) in [6, 6.07) is 10.6. The molecule has 0 radical (unpaired) electrons. The van der Waals surface area contributed by atoms with Crippen molar-refractivity contribution < 1.29 is 8.78 Å². The van der Waals surface area contributed by atoms with Crippen molar-refractivity contribution in [2.24, 2.45) is 0 Å². The molecule has 1 N–H and O–H groups in total. The molecule has 0 aliphatic heterocycles. The number of nitrogens with one attached hydrogen (secondary N) is 1. The number of fused-ring (bicyclic) bond motifs is 1. The van der Waals surface area contributed by atoms with Gasteiger partial charge in [0.25, 0.3) is 6.43 Å². The minimum Gasteiger partial charge on any atom is -0.363 e. The summed E-state index contributed by atoms with van der Waals surface area (Å²) in [5.41, 5.74) is 2.34. The number of alkyl halides is 2. The van der Waals surface area contributed by atoms with Crippen LogP contribution in [-0.2, 0) is 0 Å². The van der Waals surface area contributed by atoms with E-state index in [1.54, 1.807) is 13.0 Å². The highest BCUT2D eigenvalue weighted by Crippen LogP contribution is 2.31. The number of hydrogen-bond donors (Lipinski definition) is 1. The van der Waals surface area contributed by atoms with Gasteiger partial charge in [-0.25, -0.2) is 18.7 Å². The molecule has 1 atom stereocenters. The highest BCUT2D eigenvalue weighted by atomic mass is 79.9. The third-order valence-electron chi connectivity index (χ3n) is 4.24. The number of aryl methyl sites for hydroxylation is 1. The first kappa shape index (κ1) is 17.7. The predicted octanol–water partition coefficient (Wildman–Crippen LogP) is 6.12. The molecule has 0 spiro atoms. The summed E-state index contributed by atoms with van der Waals surface area (Å²) >= 11 is 3.47. The lowest BCUT2D eigenvalue weighted by atomic mass is 9.97. The van der Waals surface area contributed by atoms with Gasteiger partial charge in [-0.05, 0) is 50.1 Å². The van der Waals surface area contributed by atoms with E-state index < -0.39 is 6.43 Å². The predicted molar refractivity (Wildman–Crippen MR) is 100 cm³/mol. The molecule has 0 saturated carbocycles. The lowest BCUT2D eigenvalue weighted by Crippen LogP contribution is -2.11. The van der Waals surface area contributed by atoms with E-state index in [1.807, 2.05) is 38.1 Å². The number of rotatable bonds is 4. The highest BCUT2D eigenvalue weighted by molar-refractivity contribution is 9.10. The Bertz CT molecular complexity index is 928. The van der Waals surface area contributed by atoms with Crippen molar-refractivity contribution in [2.75, 3.05) is 5.32 Å². The summed E-state index contributed by atoms with van der Waals surface area (Å²) < 4.78 is 27.2. The Hall–Kier alpha value is -2.08. The number of benzene rings is 2. The largest absolute Gasteiger partial charge is 0.363 e. The van der Waals surface area contributed by atoms with E-state index in [9.17, 15) is 8.78 Å². The van der Waals surface area contributed by atoms with Crippen LogP contribution in [0, 0.1) is 13.8 Å². The quantitative estimate of drug-likeness (QED) is 0.567. The normalized spacial score (nSPS) is 12.6. The average molecular weight is 406 g/mol. The molecule has 0 fully saturated rings. The van der Waals surface area contributed by atoms with Crippen LogP contribution in [0.4, 0.5) is 14.6 Å². The fraction of sp³-hybridized carbons (Fsp3) is 0.263. The Balaban J connectivity index is 2.02. The number of halogens is 3. The summed E-state index contributed by atoms with van der Waals surface area (Å²) in [4.78, 5) is 8.95. The maximum absolute atomic E-state index is 13.2. The minimum atomic E-state index is -2.48. The second-order valence-electron chi connectivity index (χ2n) is 6.01. The monoisotopic (exact) mass is 405 g/mol. The summed E-state index contributed by atoms with van der Waals surface area (Å²) in [7, 11) is 0. The molecule has 1 heterocycles. The summed E-state index contributed by atoms with van der Waals surface area (Å²) in [5, 5.41) is 4.24. The van der Waals surface area contributed by atoms with Gasteiger partial charge in [-0.15, -0.1) is 0 Å². The van der Waals surface area contributed by atoms with Crippen LogP contribution >= 0.6 is 15.9 Å². The topological polar surface area (TPSA) is 37.8 Å². The summed E-state index contributed by atoms with van der Waals surface area (Å²) in [6.45, 7) is 5.51. The average Bonchev–Trinajstić information content (AvgIpc) is 2.55. The van der Waals surface area contributed by atoms with E-state index in [4.69, 9.17) is 0 Å². The molecule has 3 aromatic rings. The third kappa shape index (κ3) is 3.63. The molecular formula is C19H18BrF2N3. The van der Waals surface area contributed by atoms with Crippen molar-refractivity contribution >= 4 is 32.7 Å². The molecule has 0 aliphatic carbocycles. The highest BCUT2D eigenvalue weighted by Gasteiger charge is 2.17. The number of nitrogens with zero attached hydrogens (tertiary/aromatic N) is 2. The van der Waals surface area contributed by atoms with Crippen molar-refractivity contribution in [1.82, 2.24) is 9.97 Å². The second kappa shape index (κ2) is 7.04. The van der Waals surface area contributed by atoms with Crippen molar-refractivity contribution in [1.29, 1.82) is 0 Å². The van der Waals surface area contributed by atoms with E-state index in [1.165, 1.54) is 6.07 Å². The SMILES string of the molecule is Cc1nc(N[C@@H](C)c2cccc(C(F)F)c2C)c2cc(Br)ccc2n1. The van der Waals surface area contributed by atoms with Crippen molar-refractivity contribution in [3.63, 3.8) is 0 Å². The van der Waals surface area contributed by atoms with Crippen LogP contribution in [0.15, 0.2) is 40.9 Å². The lowest BCUT2D eigenvalue weighted by molar-refractivity contribution is 0.150. The van der Waals surface area contributed by atoms with E-state index in [0.29, 0.717) is 17.2 Å². The molecule has 3 rings (SSSR count). The number of anilines is 1. The van der Waals surface area contributed by atoms with Gasteiger partial charge in [0, 0.05) is 15.4 Å². The lowest BCUT2D eigenvalue weighted by Gasteiger charge is -2.20. The molecule has 0 amide bonds. The van der Waals surface area contributed by atoms with Crippen LogP contribution in [0.25, 0.3) is 10.9 Å². The second-order valence-corrected chi connectivity index (χ2v) is 6.92. The van der Waals surface area contributed by atoms with E-state index in [-0.39, 0.29) is 11.6 Å². The molecule has 1 aromatic heterocycles. The first-order valence-electron chi connectivity index (χ1n) is 7.95. The van der Waals surface area contributed by atoms with Gasteiger partial charge in [-0.3, -0.25) is 0 Å². The molecule has 0 aliphatic rings. The number of hydrogen-bond acceptors (Lipinski definition) is 3. The van der Waals surface area contributed by atoms with E-state index in [0.717, 1.165) is 20.9 Å². The van der Waals surface area contributed by atoms with Gasteiger partial charge >= 0.3 is 0 Å². The van der Waals surface area contributed by atoms with Crippen LogP contribution in [-0.4, -0.2) is 9.97 Å². The molecule has 3 nitrogen and oxygen atoms in total. The van der Waals surface area contributed by atoms with E-state index >= 15 is 0 Å². The smallest absolute Gasteiger partial charge is 0.264 e. The molecule has 0 saturated heterocycles. The molecule has 0 unspecified atom stereocenters. The molecule has 130 valence electrons. The molecule has 6 heteroatoms. The number of aromatic nitrogens is 2. The van der Waals surface area contributed by atoms with Crippen LogP contribution in [0.1, 0.15) is 41.9 Å². The van der Waals surface area contributed by atoms with Gasteiger partial charge in [0.1, 0.15) is 11.6 Å². The van der Waals surface area contributed by atoms with Crippen LogP contribution in [0.3, 0.4) is 0 Å². The molecule has 2 aromatic carbocycles. The van der Waals surface area contributed by atoms with Crippen molar-refractivity contribution in [3.8, 4) is 0 Å². The van der Waals surface area contributed by atoms with Gasteiger partial charge in [-0.1, -0.05) is 34.1 Å². The van der Waals surface area contributed by atoms with Crippen molar-refractivity contribution in [2.45, 2.75) is 33.2 Å². The van der Waals surface area contributed by atoms with Gasteiger partial charge in [0.05, 0.1) is 11.6 Å². The Labute approximate surface area is 153 Å². The fourth-order valence-corrected chi connectivity index (χ4v) is 3.35. The zero-order chi connectivity index (χ0) is 18.1. The maximum Gasteiger partial charge on any atom is 0.264 e. The third-order valence-corrected chi connectivity index (χ3v) is 4.74. The summed E-state index contributed by atoms with van der Waals surface area (Å²) in [6.07, 6.45) is -2.48. The van der Waals surface area contributed by atoms with E-state index in [2.05, 4.69) is 31.2 Å². The Morgan fingerprint density at radius 3 is 2.48 bits per heavy atom.